The number of piperazine rings is 1. The van der Waals surface area contributed by atoms with Gasteiger partial charge in [0, 0.05) is 31.7 Å². The Hall–Kier alpha value is -1.60. The molecule has 1 heterocycles. The molecule has 1 saturated heterocycles. The summed E-state index contributed by atoms with van der Waals surface area (Å²) in [5.41, 5.74) is 0.414. The Kier molecular flexibility index (Phi) is 5.79. The van der Waals surface area contributed by atoms with Crippen LogP contribution in [0.4, 0.5) is 8.78 Å². The number of rotatable bonds is 6. The van der Waals surface area contributed by atoms with Crippen molar-refractivity contribution in [2.24, 2.45) is 0 Å². The molecule has 7 heteroatoms. The molecule has 22 heavy (non-hydrogen) atoms. The zero-order valence-corrected chi connectivity index (χ0v) is 13.1. The van der Waals surface area contributed by atoms with Crippen LogP contribution in [0.25, 0.3) is 0 Å². The van der Waals surface area contributed by atoms with Crippen LogP contribution in [0.1, 0.15) is 11.6 Å². The second-order valence-corrected chi connectivity index (χ2v) is 4.99. The lowest BCUT2D eigenvalue weighted by Crippen LogP contribution is -2.47. The lowest BCUT2D eigenvalue weighted by atomic mass is 10.0. The third-order valence-electron chi connectivity index (χ3n) is 3.84. The first-order chi connectivity index (χ1) is 10.6. The number of halogens is 2. The number of benzene rings is 1. The summed E-state index contributed by atoms with van der Waals surface area (Å²) in [6.07, 6.45) is -2.52. The molecule has 2 rings (SSSR count). The molecule has 0 amide bonds. The molecule has 0 saturated carbocycles. The number of methoxy groups -OCH3 is 3. The van der Waals surface area contributed by atoms with Crippen LogP contribution in [0.2, 0.25) is 0 Å². The summed E-state index contributed by atoms with van der Waals surface area (Å²) in [5, 5.41) is 3.17. The summed E-state index contributed by atoms with van der Waals surface area (Å²) in [6.45, 7) is 2.51. The average Bonchev–Trinajstić information content (AvgIpc) is 2.55. The first-order valence-corrected chi connectivity index (χ1v) is 7.15. The van der Waals surface area contributed by atoms with E-state index in [1.807, 2.05) is 0 Å². The van der Waals surface area contributed by atoms with E-state index in [4.69, 9.17) is 14.2 Å². The first-order valence-electron chi connectivity index (χ1n) is 7.15. The molecule has 1 N–H and O–H groups in total. The monoisotopic (exact) mass is 316 g/mol. The second kappa shape index (κ2) is 7.60. The van der Waals surface area contributed by atoms with Gasteiger partial charge >= 0.3 is 0 Å². The van der Waals surface area contributed by atoms with Crippen LogP contribution in [0.3, 0.4) is 0 Å². The second-order valence-electron chi connectivity index (χ2n) is 4.99. The minimum Gasteiger partial charge on any atom is -0.493 e. The molecule has 124 valence electrons. The zero-order chi connectivity index (χ0) is 16.1. The Morgan fingerprint density at radius 2 is 1.64 bits per heavy atom. The molecule has 0 spiro atoms. The Morgan fingerprint density at radius 1 is 1.00 bits per heavy atom. The Morgan fingerprint density at radius 3 is 2.14 bits per heavy atom. The SMILES string of the molecule is COc1ccc([C@H](C(F)F)N2CCNCC2)c(OC)c1OC. The summed E-state index contributed by atoms with van der Waals surface area (Å²) in [5.74, 6) is 1.09. The number of ether oxygens (including phenoxy) is 3. The molecule has 0 bridgehead atoms. The van der Waals surface area contributed by atoms with Gasteiger partial charge in [0.25, 0.3) is 6.43 Å². The summed E-state index contributed by atoms with van der Waals surface area (Å²) in [4.78, 5) is 1.77. The summed E-state index contributed by atoms with van der Waals surface area (Å²) < 4.78 is 43.3. The van der Waals surface area contributed by atoms with E-state index in [2.05, 4.69) is 5.32 Å². The molecule has 0 aliphatic carbocycles. The fourth-order valence-corrected chi connectivity index (χ4v) is 2.81. The van der Waals surface area contributed by atoms with Crippen molar-refractivity contribution in [1.82, 2.24) is 10.2 Å². The summed E-state index contributed by atoms with van der Waals surface area (Å²) in [6, 6.07) is 2.23. The highest BCUT2D eigenvalue weighted by atomic mass is 19.3. The van der Waals surface area contributed by atoms with Crippen LogP contribution in [0, 0.1) is 0 Å². The van der Waals surface area contributed by atoms with Gasteiger partial charge in [-0.3, -0.25) is 4.90 Å². The van der Waals surface area contributed by atoms with Gasteiger partial charge in [-0.1, -0.05) is 0 Å². The maximum absolute atomic E-state index is 13.7. The van der Waals surface area contributed by atoms with Crippen molar-refractivity contribution in [2.75, 3.05) is 47.5 Å². The van der Waals surface area contributed by atoms with Crippen molar-refractivity contribution in [3.05, 3.63) is 17.7 Å². The van der Waals surface area contributed by atoms with Gasteiger partial charge in [-0.25, -0.2) is 8.78 Å². The molecule has 0 radical (unpaired) electrons. The number of alkyl halides is 2. The lowest BCUT2D eigenvalue weighted by Gasteiger charge is -2.35. The van der Waals surface area contributed by atoms with E-state index in [0.29, 0.717) is 49.0 Å². The average molecular weight is 316 g/mol. The third-order valence-corrected chi connectivity index (χ3v) is 3.84. The quantitative estimate of drug-likeness (QED) is 0.869. The van der Waals surface area contributed by atoms with Crippen LogP contribution in [-0.2, 0) is 0 Å². The molecule has 0 aromatic heterocycles. The highest BCUT2D eigenvalue weighted by Crippen LogP contribution is 2.44. The van der Waals surface area contributed by atoms with Gasteiger partial charge in [0.1, 0.15) is 6.04 Å². The molecule has 1 aromatic carbocycles. The fraction of sp³-hybridized carbons (Fsp3) is 0.600. The van der Waals surface area contributed by atoms with Gasteiger partial charge in [0.05, 0.1) is 21.3 Å². The molecular formula is C15H22F2N2O3. The van der Waals surface area contributed by atoms with Gasteiger partial charge in [-0.05, 0) is 12.1 Å². The maximum Gasteiger partial charge on any atom is 0.258 e. The van der Waals surface area contributed by atoms with Gasteiger partial charge in [0.15, 0.2) is 11.5 Å². The van der Waals surface area contributed by atoms with Crippen molar-refractivity contribution >= 4 is 0 Å². The molecular weight excluding hydrogens is 294 g/mol. The van der Waals surface area contributed by atoms with E-state index in [0.717, 1.165) is 0 Å². The molecule has 0 unspecified atom stereocenters. The van der Waals surface area contributed by atoms with E-state index >= 15 is 0 Å². The summed E-state index contributed by atoms with van der Waals surface area (Å²) >= 11 is 0. The Labute approximate surface area is 129 Å². The number of hydrogen-bond acceptors (Lipinski definition) is 5. The highest BCUT2D eigenvalue weighted by Gasteiger charge is 2.34. The molecule has 1 aliphatic heterocycles. The van der Waals surface area contributed by atoms with Crippen molar-refractivity contribution in [1.29, 1.82) is 0 Å². The number of nitrogens with one attached hydrogen (secondary N) is 1. The van der Waals surface area contributed by atoms with Crippen molar-refractivity contribution < 1.29 is 23.0 Å². The summed E-state index contributed by atoms with van der Waals surface area (Å²) in [7, 11) is 4.41. The molecule has 1 aliphatic rings. The highest BCUT2D eigenvalue weighted by molar-refractivity contribution is 5.56. The Balaban J connectivity index is 2.46. The van der Waals surface area contributed by atoms with Crippen LogP contribution in [-0.4, -0.2) is 58.8 Å². The predicted molar refractivity (Wildman–Crippen MR) is 79.3 cm³/mol. The van der Waals surface area contributed by atoms with Gasteiger partial charge in [0.2, 0.25) is 5.75 Å². The third kappa shape index (κ3) is 3.25. The number of hydrogen-bond donors (Lipinski definition) is 1. The largest absolute Gasteiger partial charge is 0.493 e. The van der Waals surface area contributed by atoms with E-state index in [-0.39, 0.29) is 0 Å². The topological polar surface area (TPSA) is 43.0 Å². The van der Waals surface area contributed by atoms with Crippen molar-refractivity contribution in [3.63, 3.8) is 0 Å². The molecule has 1 atom stereocenters. The Bertz CT molecular complexity index is 494. The van der Waals surface area contributed by atoms with Gasteiger partial charge in [-0.2, -0.15) is 0 Å². The van der Waals surface area contributed by atoms with Crippen LogP contribution < -0.4 is 19.5 Å². The molecule has 1 aromatic rings. The first kappa shape index (κ1) is 16.8. The minimum atomic E-state index is -2.52. The van der Waals surface area contributed by atoms with Crippen LogP contribution in [0.5, 0.6) is 17.2 Å². The van der Waals surface area contributed by atoms with Crippen LogP contribution >= 0.6 is 0 Å². The molecule has 1 fully saturated rings. The predicted octanol–water partition coefficient (Wildman–Crippen LogP) is 1.92. The molecule has 5 nitrogen and oxygen atoms in total. The maximum atomic E-state index is 13.7. The van der Waals surface area contributed by atoms with Crippen LogP contribution in [0.15, 0.2) is 12.1 Å². The number of nitrogens with zero attached hydrogens (tertiary/aromatic N) is 1. The van der Waals surface area contributed by atoms with Gasteiger partial charge < -0.3 is 19.5 Å². The van der Waals surface area contributed by atoms with E-state index < -0.39 is 12.5 Å². The van der Waals surface area contributed by atoms with E-state index in [1.165, 1.54) is 21.3 Å². The van der Waals surface area contributed by atoms with Crippen molar-refractivity contribution in [3.8, 4) is 17.2 Å². The van der Waals surface area contributed by atoms with E-state index in [1.54, 1.807) is 17.0 Å². The lowest BCUT2D eigenvalue weighted by molar-refractivity contribution is 0.0168. The van der Waals surface area contributed by atoms with Gasteiger partial charge in [-0.15, -0.1) is 0 Å². The fourth-order valence-electron chi connectivity index (χ4n) is 2.81. The standard InChI is InChI=1S/C15H22F2N2O3/c1-20-11-5-4-10(13(21-2)14(11)22-3)12(15(16)17)19-8-6-18-7-9-19/h4-5,12,15,18H,6-9H2,1-3H3/t12-/m1/s1. The minimum absolute atomic E-state index is 0.297. The van der Waals surface area contributed by atoms with E-state index in [9.17, 15) is 8.78 Å². The van der Waals surface area contributed by atoms with Crippen molar-refractivity contribution in [2.45, 2.75) is 12.5 Å². The smallest absolute Gasteiger partial charge is 0.258 e. The zero-order valence-electron chi connectivity index (χ0n) is 13.1. The normalized spacial score (nSPS) is 17.4.